The summed E-state index contributed by atoms with van der Waals surface area (Å²) in [5, 5.41) is 20.7. The highest BCUT2D eigenvalue weighted by Gasteiger charge is 2.32. The van der Waals surface area contributed by atoms with Crippen LogP contribution < -0.4 is 15.6 Å². The lowest BCUT2D eigenvalue weighted by atomic mass is 10.2. The van der Waals surface area contributed by atoms with Crippen molar-refractivity contribution >= 4 is 33.8 Å². The quantitative estimate of drug-likeness (QED) is 0.350. The summed E-state index contributed by atoms with van der Waals surface area (Å²) in [6.07, 6.45) is 1.03. The molecule has 0 aliphatic heterocycles. The van der Waals surface area contributed by atoms with E-state index in [1.165, 1.54) is 24.0 Å². The number of hydrogen-bond acceptors (Lipinski definition) is 8. The van der Waals surface area contributed by atoms with Crippen molar-refractivity contribution in [3.8, 4) is 17.6 Å². The van der Waals surface area contributed by atoms with Crippen LogP contribution in [-0.4, -0.2) is 34.3 Å². The number of aromatic amines is 1. The molecule has 11 nitrogen and oxygen atoms in total. The first-order valence-electron chi connectivity index (χ1n) is 11.5. The third-order valence-corrected chi connectivity index (χ3v) is 6.35. The summed E-state index contributed by atoms with van der Waals surface area (Å²) in [6.45, 7) is 0. The van der Waals surface area contributed by atoms with Crippen molar-refractivity contribution in [3.63, 3.8) is 0 Å². The molecule has 1 saturated carbocycles. The summed E-state index contributed by atoms with van der Waals surface area (Å²) >= 11 is 0. The predicted molar refractivity (Wildman–Crippen MR) is 129 cm³/mol. The first-order valence-corrected chi connectivity index (χ1v) is 11.5. The van der Waals surface area contributed by atoms with Gasteiger partial charge in [-0.2, -0.15) is 28.5 Å². The second-order valence-corrected chi connectivity index (χ2v) is 9.01. The van der Waals surface area contributed by atoms with E-state index in [2.05, 4.69) is 36.5 Å². The van der Waals surface area contributed by atoms with Crippen molar-refractivity contribution in [2.45, 2.75) is 24.9 Å². The Labute approximate surface area is 211 Å². The highest BCUT2D eigenvalue weighted by atomic mass is 19.4. The third-order valence-electron chi connectivity index (χ3n) is 6.35. The predicted octanol–water partition coefficient (Wildman–Crippen LogP) is 4.24. The van der Waals surface area contributed by atoms with E-state index in [9.17, 15) is 23.2 Å². The number of imidazole rings is 1. The molecule has 0 spiro atoms. The van der Waals surface area contributed by atoms with E-state index >= 15 is 0 Å². The molecule has 0 bridgehead atoms. The molecule has 1 aliphatic rings. The van der Waals surface area contributed by atoms with Crippen molar-refractivity contribution in [2.24, 2.45) is 14.1 Å². The number of anilines is 2. The third kappa shape index (κ3) is 3.88. The summed E-state index contributed by atoms with van der Waals surface area (Å²) in [5.41, 5.74) is 0.0584. The molecule has 1 fully saturated rings. The summed E-state index contributed by atoms with van der Waals surface area (Å²) in [6, 6.07) is 4.60. The number of rotatable bonds is 5. The molecule has 192 valence electrons. The van der Waals surface area contributed by atoms with Crippen molar-refractivity contribution < 1.29 is 17.9 Å². The van der Waals surface area contributed by atoms with Crippen LogP contribution in [0.4, 0.5) is 24.8 Å². The second-order valence-electron chi connectivity index (χ2n) is 9.01. The van der Waals surface area contributed by atoms with Gasteiger partial charge in [-0.05, 0) is 25.0 Å². The Balaban J connectivity index is 1.38. The zero-order valence-electron chi connectivity index (χ0n) is 20.0. The number of aryl methyl sites for hydroxylation is 2. The van der Waals surface area contributed by atoms with E-state index in [-0.39, 0.29) is 34.1 Å². The number of pyridine rings is 3. The Morgan fingerprint density at radius 1 is 1.21 bits per heavy atom. The zero-order valence-corrected chi connectivity index (χ0v) is 20.0. The largest absolute Gasteiger partial charge is 0.453 e. The first-order chi connectivity index (χ1) is 18.1. The lowest BCUT2D eigenvalue weighted by Gasteiger charge is -2.12. The molecular weight excluding hydrogens is 503 g/mol. The maximum absolute atomic E-state index is 13.3. The SMILES string of the molecule is Cn1cc(C(F)(F)F)cc(Nc2nc3ncc(Oc4cnc5[nH]nc(C6CC6)c5c4)c(C#N)c3n2C)c1=O. The maximum atomic E-state index is 13.3. The fourth-order valence-electron chi connectivity index (χ4n) is 4.28. The van der Waals surface area contributed by atoms with Crippen LogP contribution in [-0.2, 0) is 20.3 Å². The highest BCUT2D eigenvalue weighted by Crippen LogP contribution is 2.42. The summed E-state index contributed by atoms with van der Waals surface area (Å²) in [7, 11) is 2.77. The average Bonchev–Trinajstić information content (AvgIpc) is 3.56. The smallest absolute Gasteiger partial charge is 0.417 e. The molecule has 2 N–H and O–H groups in total. The molecule has 5 aromatic heterocycles. The fraction of sp³-hybridized carbons (Fsp3) is 0.250. The van der Waals surface area contributed by atoms with Crippen molar-refractivity contribution in [1.82, 2.24) is 34.3 Å². The fourth-order valence-corrected chi connectivity index (χ4v) is 4.28. The van der Waals surface area contributed by atoms with E-state index in [1.807, 2.05) is 0 Å². The first kappa shape index (κ1) is 23.5. The van der Waals surface area contributed by atoms with Gasteiger partial charge in [0.15, 0.2) is 17.0 Å². The molecule has 14 heteroatoms. The molecule has 0 radical (unpaired) electrons. The van der Waals surface area contributed by atoms with E-state index in [0.717, 1.165) is 28.5 Å². The number of aromatic nitrogens is 7. The summed E-state index contributed by atoms with van der Waals surface area (Å²) in [4.78, 5) is 25.4. The number of hydrogen-bond donors (Lipinski definition) is 2. The average molecular weight is 521 g/mol. The summed E-state index contributed by atoms with van der Waals surface area (Å²) in [5.74, 6) is 0.934. The number of nitriles is 1. The van der Waals surface area contributed by atoms with Gasteiger partial charge in [0.25, 0.3) is 5.56 Å². The van der Waals surface area contributed by atoms with Gasteiger partial charge in [-0.3, -0.25) is 9.89 Å². The number of H-pyrrole nitrogens is 1. The maximum Gasteiger partial charge on any atom is 0.417 e. The number of nitrogens with zero attached hydrogens (tertiary/aromatic N) is 7. The zero-order chi connectivity index (χ0) is 26.8. The Kier molecular flexibility index (Phi) is 5.13. The van der Waals surface area contributed by atoms with Crippen molar-refractivity contribution in [2.75, 3.05) is 5.32 Å². The van der Waals surface area contributed by atoms with Gasteiger partial charge in [-0.1, -0.05) is 0 Å². The van der Waals surface area contributed by atoms with Gasteiger partial charge in [0.1, 0.15) is 28.6 Å². The topological polar surface area (TPSA) is 139 Å². The van der Waals surface area contributed by atoms with Gasteiger partial charge in [-0.25, -0.2) is 9.97 Å². The van der Waals surface area contributed by atoms with Gasteiger partial charge < -0.3 is 19.2 Å². The molecule has 5 aromatic rings. The number of nitrogens with one attached hydrogen (secondary N) is 2. The van der Waals surface area contributed by atoms with Gasteiger partial charge in [-0.15, -0.1) is 0 Å². The Hall–Kier alpha value is -4.93. The molecule has 1 aliphatic carbocycles. The normalized spacial score (nSPS) is 13.7. The molecule has 0 unspecified atom stereocenters. The number of ether oxygens (including phenoxy) is 1. The number of halogens is 3. The van der Waals surface area contributed by atoms with Gasteiger partial charge in [0.05, 0.1) is 23.7 Å². The van der Waals surface area contributed by atoms with E-state index in [1.54, 1.807) is 13.1 Å². The van der Waals surface area contributed by atoms with Crippen LogP contribution in [0.25, 0.3) is 22.2 Å². The number of fused-ring (bicyclic) bond motifs is 2. The van der Waals surface area contributed by atoms with Crippen LogP contribution in [0.3, 0.4) is 0 Å². The summed E-state index contributed by atoms with van der Waals surface area (Å²) < 4.78 is 48.1. The van der Waals surface area contributed by atoms with Gasteiger partial charge in [0.2, 0.25) is 5.95 Å². The highest BCUT2D eigenvalue weighted by molar-refractivity contribution is 5.85. The Morgan fingerprint density at radius 2 is 2.00 bits per heavy atom. The van der Waals surface area contributed by atoms with Crippen molar-refractivity contribution in [3.05, 3.63) is 57.9 Å². The van der Waals surface area contributed by atoms with Crippen LogP contribution >= 0.6 is 0 Å². The standard InChI is InChI=1S/C24H18F3N9O2/c1-35-10-12(24(25,26)27)5-16(22(35)37)31-23-32-21-19(36(23)2)15(7-28)17(9-30-21)38-13-6-14-18(11-3-4-11)33-34-20(14)29-8-13/h5-6,8-11H,3-4H2,1-2H3,(H,29,33,34)(H,30,31,32). The molecule has 0 atom stereocenters. The molecule has 5 heterocycles. The molecule has 0 aromatic carbocycles. The van der Waals surface area contributed by atoms with Crippen LogP contribution in [0, 0.1) is 11.3 Å². The van der Waals surface area contributed by atoms with Crippen LogP contribution in [0.1, 0.15) is 35.6 Å². The minimum absolute atomic E-state index is 0.0214. The lowest BCUT2D eigenvalue weighted by molar-refractivity contribution is -0.138. The molecular formula is C24H18F3N9O2. The molecule has 0 amide bonds. The molecule has 38 heavy (non-hydrogen) atoms. The van der Waals surface area contributed by atoms with E-state index < -0.39 is 17.3 Å². The lowest BCUT2D eigenvalue weighted by Crippen LogP contribution is -2.23. The van der Waals surface area contributed by atoms with Gasteiger partial charge >= 0.3 is 6.18 Å². The molecule has 6 rings (SSSR count). The number of alkyl halides is 3. The Morgan fingerprint density at radius 3 is 2.71 bits per heavy atom. The molecule has 0 saturated heterocycles. The monoisotopic (exact) mass is 521 g/mol. The van der Waals surface area contributed by atoms with Crippen LogP contribution in [0.5, 0.6) is 11.5 Å². The van der Waals surface area contributed by atoms with Gasteiger partial charge in [0, 0.05) is 31.6 Å². The second kappa shape index (κ2) is 8.30. The Bertz CT molecular complexity index is 1840. The van der Waals surface area contributed by atoms with Crippen molar-refractivity contribution in [1.29, 1.82) is 5.26 Å². The van der Waals surface area contributed by atoms with E-state index in [4.69, 9.17) is 4.74 Å². The van der Waals surface area contributed by atoms with Crippen LogP contribution in [0.15, 0.2) is 35.5 Å². The minimum atomic E-state index is -4.65. The van der Waals surface area contributed by atoms with Crippen LogP contribution in [0.2, 0.25) is 0 Å². The van der Waals surface area contributed by atoms with E-state index in [0.29, 0.717) is 29.6 Å². The minimum Gasteiger partial charge on any atom is -0.453 e.